The number of rotatable bonds is 7. The lowest BCUT2D eigenvalue weighted by molar-refractivity contribution is 1.30. The summed E-state index contributed by atoms with van der Waals surface area (Å²) in [7, 11) is 0. The van der Waals surface area contributed by atoms with Gasteiger partial charge in [-0.1, -0.05) is 170 Å². The maximum absolute atomic E-state index is 2.45. The van der Waals surface area contributed by atoms with E-state index in [-0.39, 0.29) is 0 Å². The monoisotopic (exact) mass is 705 g/mol. The van der Waals surface area contributed by atoms with Crippen molar-refractivity contribution in [2.75, 3.05) is 4.90 Å². The number of fused-ring (bicyclic) bond motifs is 4. The number of anilines is 3. The van der Waals surface area contributed by atoms with Gasteiger partial charge in [-0.15, -0.1) is 11.3 Å². The Hall–Kier alpha value is -6.74. The third-order valence-electron chi connectivity index (χ3n) is 10.5. The van der Waals surface area contributed by atoms with Gasteiger partial charge in [0.25, 0.3) is 0 Å². The summed E-state index contributed by atoms with van der Waals surface area (Å²) in [5, 5.41) is 5.09. The molecule has 0 saturated carbocycles. The van der Waals surface area contributed by atoms with Crippen LogP contribution in [0.3, 0.4) is 0 Å². The van der Waals surface area contributed by atoms with Gasteiger partial charge in [-0.2, -0.15) is 0 Å². The summed E-state index contributed by atoms with van der Waals surface area (Å²) in [5.74, 6) is 0. The summed E-state index contributed by atoms with van der Waals surface area (Å²) in [4.78, 5) is 2.45. The lowest BCUT2D eigenvalue weighted by Crippen LogP contribution is -2.10. The SMILES string of the molecule is c1ccc(-c2ccc(N(c3cccc(-c4ccc(-c5ccc6ccccc6c5)cc4)c3)c3cccc4c3sc3ccccc34)cc2-c2ccccc2)cc1. The third-order valence-corrected chi connectivity index (χ3v) is 11.7. The fourth-order valence-electron chi connectivity index (χ4n) is 7.78. The Morgan fingerprint density at radius 3 is 1.67 bits per heavy atom. The van der Waals surface area contributed by atoms with Crippen LogP contribution in [0.5, 0.6) is 0 Å². The molecule has 0 spiro atoms. The minimum atomic E-state index is 1.11. The lowest BCUT2D eigenvalue weighted by Gasteiger charge is -2.28. The van der Waals surface area contributed by atoms with Gasteiger partial charge in [0.1, 0.15) is 0 Å². The summed E-state index contributed by atoms with van der Waals surface area (Å²) in [6.07, 6.45) is 0. The van der Waals surface area contributed by atoms with Crippen molar-refractivity contribution in [3.63, 3.8) is 0 Å². The van der Waals surface area contributed by atoms with Crippen LogP contribution in [-0.2, 0) is 0 Å². The highest BCUT2D eigenvalue weighted by Crippen LogP contribution is 2.47. The van der Waals surface area contributed by atoms with Crippen LogP contribution in [0.4, 0.5) is 17.1 Å². The van der Waals surface area contributed by atoms with Crippen LogP contribution in [0.2, 0.25) is 0 Å². The number of hydrogen-bond donors (Lipinski definition) is 0. The number of benzene rings is 9. The lowest BCUT2D eigenvalue weighted by atomic mass is 9.93. The van der Waals surface area contributed by atoms with Crippen molar-refractivity contribution >= 4 is 59.3 Å². The van der Waals surface area contributed by atoms with E-state index in [1.807, 2.05) is 11.3 Å². The zero-order valence-corrected chi connectivity index (χ0v) is 30.4. The number of thiophene rings is 1. The Labute approximate surface area is 319 Å². The topological polar surface area (TPSA) is 3.24 Å². The molecule has 0 bridgehead atoms. The van der Waals surface area contributed by atoms with E-state index in [9.17, 15) is 0 Å². The van der Waals surface area contributed by atoms with Gasteiger partial charge in [0, 0.05) is 26.8 Å². The van der Waals surface area contributed by atoms with Crippen LogP contribution in [-0.4, -0.2) is 0 Å². The molecule has 0 aliphatic carbocycles. The van der Waals surface area contributed by atoms with Gasteiger partial charge < -0.3 is 4.90 Å². The molecule has 0 N–H and O–H groups in total. The molecule has 1 nitrogen and oxygen atoms in total. The van der Waals surface area contributed by atoms with Crippen molar-refractivity contribution in [2.24, 2.45) is 0 Å². The molecule has 0 saturated heterocycles. The molecule has 254 valence electrons. The van der Waals surface area contributed by atoms with E-state index < -0.39 is 0 Å². The summed E-state index contributed by atoms with van der Waals surface area (Å²) in [5.41, 5.74) is 13.0. The van der Waals surface area contributed by atoms with Crippen molar-refractivity contribution in [3.05, 3.63) is 212 Å². The largest absolute Gasteiger partial charge is 0.309 e. The van der Waals surface area contributed by atoms with Crippen LogP contribution in [0.15, 0.2) is 212 Å². The molecule has 1 heterocycles. The van der Waals surface area contributed by atoms with E-state index in [2.05, 4.69) is 217 Å². The minimum Gasteiger partial charge on any atom is -0.309 e. The van der Waals surface area contributed by atoms with Crippen molar-refractivity contribution in [2.45, 2.75) is 0 Å². The predicted octanol–water partition coefficient (Wildman–Crippen LogP) is 15.3. The Kier molecular flexibility index (Phi) is 8.09. The van der Waals surface area contributed by atoms with E-state index in [0.717, 1.165) is 11.4 Å². The highest BCUT2D eigenvalue weighted by molar-refractivity contribution is 7.26. The molecular weight excluding hydrogens is 671 g/mol. The van der Waals surface area contributed by atoms with Crippen molar-refractivity contribution < 1.29 is 0 Å². The second kappa shape index (κ2) is 13.7. The van der Waals surface area contributed by atoms with E-state index >= 15 is 0 Å². The third kappa shape index (κ3) is 5.84. The Morgan fingerprint density at radius 2 is 0.889 bits per heavy atom. The molecule has 54 heavy (non-hydrogen) atoms. The van der Waals surface area contributed by atoms with Crippen molar-refractivity contribution in [3.8, 4) is 44.5 Å². The van der Waals surface area contributed by atoms with Gasteiger partial charge in [0.15, 0.2) is 0 Å². The summed E-state index contributed by atoms with van der Waals surface area (Å²) >= 11 is 1.87. The number of hydrogen-bond acceptors (Lipinski definition) is 2. The standard InChI is InChI=1S/C52H35NS/c1-3-14-39(15-4-1)46-32-31-45(35-49(46)40-16-5-2-6-17-40)53(50-23-12-22-48-47-21-9-10-24-51(47)54-52(48)50)44-20-11-19-42(34-44)37-25-27-38(28-26-37)43-30-29-36-13-7-8-18-41(36)33-43/h1-35H. The molecule has 0 aliphatic rings. The fraction of sp³-hybridized carbons (Fsp3) is 0. The smallest absolute Gasteiger partial charge is 0.0640 e. The summed E-state index contributed by atoms with van der Waals surface area (Å²) in [6.45, 7) is 0. The highest BCUT2D eigenvalue weighted by atomic mass is 32.1. The molecule has 9 aromatic carbocycles. The fourth-order valence-corrected chi connectivity index (χ4v) is 8.99. The van der Waals surface area contributed by atoms with Crippen LogP contribution in [0, 0.1) is 0 Å². The molecule has 0 unspecified atom stereocenters. The quantitative estimate of drug-likeness (QED) is 0.160. The van der Waals surface area contributed by atoms with E-state index in [1.54, 1.807) is 0 Å². The predicted molar refractivity (Wildman–Crippen MR) is 233 cm³/mol. The van der Waals surface area contributed by atoms with E-state index in [4.69, 9.17) is 0 Å². The number of nitrogens with zero attached hydrogens (tertiary/aromatic N) is 1. The highest BCUT2D eigenvalue weighted by Gasteiger charge is 2.20. The maximum Gasteiger partial charge on any atom is 0.0640 e. The van der Waals surface area contributed by atoms with Crippen molar-refractivity contribution in [1.29, 1.82) is 0 Å². The second-order valence-corrected chi connectivity index (χ2v) is 14.8. The van der Waals surface area contributed by atoms with Gasteiger partial charge in [0.2, 0.25) is 0 Å². The molecule has 1 aromatic heterocycles. The first-order valence-corrected chi connectivity index (χ1v) is 19.2. The molecule has 0 atom stereocenters. The van der Waals surface area contributed by atoms with Gasteiger partial charge in [-0.25, -0.2) is 0 Å². The van der Waals surface area contributed by atoms with Gasteiger partial charge in [-0.3, -0.25) is 0 Å². The first-order chi connectivity index (χ1) is 26.8. The van der Waals surface area contributed by atoms with Crippen molar-refractivity contribution in [1.82, 2.24) is 0 Å². The average molecular weight is 706 g/mol. The Bertz CT molecular complexity index is 2920. The zero-order chi connectivity index (χ0) is 35.8. The van der Waals surface area contributed by atoms with Crippen LogP contribution >= 0.6 is 11.3 Å². The molecular formula is C52H35NS. The molecule has 10 aromatic rings. The minimum absolute atomic E-state index is 1.11. The van der Waals surface area contributed by atoms with Crippen LogP contribution in [0.25, 0.3) is 75.5 Å². The average Bonchev–Trinajstić information content (AvgIpc) is 3.64. The second-order valence-electron chi connectivity index (χ2n) is 13.7. The van der Waals surface area contributed by atoms with E-state index in [1.165, 1.54) is 81.1 Å². The molecule has 10 rings (SSSR count). The Morgan fingerprint density at radius 1 is 0.315 bits per heavy atom. The first kappa shape index (κ1) is 32.0. The van der Waals surface area contributed by atoms with Gasteiger partial charge in [-0.05, 0) is 97.7 Å². The molecule has 0 amide bonds. The molecule has 2 heteroatoms. The van der Waals surface area contributed by atoms with Gasteiger partial charge >= 0.3 is 0 Å². The van der Waals surface area contributed by atoms with Gasteiger partial charge in [0.05, 0.1) is 10.4 Å². The molecule has 0 fully saturated rings. The zero-order valence-electron chi connectivity index (χ0n) is 29.6. The normalized spacial score (nSPS) is 11.3. The molecule has 0 radical (unpaired) electrons. The molecule has 0 aliphatic heterocycles. The summed E-state index contributed by atoms with van der Waals surface area (Å²) < 4.78 is 2.57. The van der Waals surface area contributed by atoms with Crippen LogP contribution in [0.1, 0.15) is 0 Å². The van der Waals surface area contributed by atoms with E-state index in [0.29, 0.717) is 0 Å². The summed E-state index contributed by atoms with van der Waals surface area (Å²) in [6, 6.07) is 77.2. The first-order valence-electron chi connectivity index (χ1n) is 18.4. The maximum atomic E-state index is 2.45. The van der Waals surface area contributed by atoms with Crippen LogP contribution < -0.4 is 4.90 Å². The Balaban J connectivity index is 1.13.